The van der Waals surface area contributed by atoms with Crippen molar-refractivity contribution in [2.45, 2.75) is 35.4 Å². The van der Waals surface area contributed by atoms with Crippen molar-refractivity contribution in [2.75, 3.05) is 5.75 Å². The van der Waals surface area contributed by atoms with Crippen LogP contribution in [0.2, 0.25) is 0 Å². The van der Waals surface area contributed by atoms with E-state index in [1.54, 1.807) is 23.9 Å². The van der Waals surface area contributed by atoms with Crippen LogP contribution in [0.4, 0.5) is 0 Å². The van der Waals surface area contributed by atoms with E-state index >= 15 is 0 Å². The third-order valence-electron chi connectivity index (χ3n) is 2.60. The first-order valence-corrected chi connectivity index (χ1v) is 10.1. The fraction of sp³-hybridized carbons (Fsp3) is 0.417. The molecule has 2 rings (SSSR count). The lowest BCUT2D eigenvalue weighted by atomic mass is 10.3. The van der Waals surface area contributed by atoms with Gasteiger partial charge in [-0.25, -0.2) is 13.4 Å². The molecule has 0 atom stereocenters. The molecule has 0 saturated carbocycles. The summed E-state index contributed by atoms with van der Waals surface area (Å²) in [4.78, 5) is 4.61. The molecule has 0 unspecified atom stereocenters. The van der Waals surface area contributed by atoms with Crippen molar-refractivity contribution in [1.82, 2.24) is 4.98 Å². The molecule has 1 aromatic heterocycles. The van der Waals surface area contributed by atoms with Gasteiger partial charge in [0, 0.05) is 16.4 Å². The summed E-state index contributed by atoms with van der Waals surface area (Å²) in [5.41, 5.74) is 0.826. The largest absolute Gasteiger partial charge is 0.261 e. The minimum Gasteiger partial charge on any atom is -0.230 e. The molecule has 0 saturated heterocycles. The van der Waals surface area contributed by atoms with Crippen molar-refractivity contribution >= 4 is 53.0 Å². The molecule has 1 aromatic carbocycles. The standard InChI is InChI=1S/C12H14ClNO2S3/c1-2-3-4-7-17-12-14-10-6-5-9(19(13,15)16)8-11(10)18-12/h5-6,8H,2-4,7H2,1H3. The molecule has 0 radical (unpaired) electrons. The molecular weight excluding hydrogens is 322 g/mol. The van der Waals surface area contributed by atoms with Crippen molar-refractivity contribution < 1.29 is 8.42 Å². The lowest BCUT2D eigenvalue weighted by Gasteiger charge is -1.94. The van der Waals surface area contributed by atoms with Gasteiger partial charge in [-0.3, -0.25) is 0 Å². The summed E-state index contributed by atoms with van der Waals surface area (Å²) in [7, 11) is 1.67. The minimum absolute atomic E-state index is 0.132. The number of halogens is 1. The van der Waals surface area contributed by atoms with E-state index in [9.17, 15) is 8.42 Å². The Bertz CT molecular complexity index is 667. The van der Waals surface area contributed by atoms with Crippen molar-refractivity contribution in [3.05, 3.63) is 18.2 Å². The van der Waals surface area contributed by atoms with Gasteiger partial charge in [-0.1, -0.05) is 31.5 Å². The number of hydrogen-bond donors (Lipinski definition) is 0. The second kappa shape index (κ2) is 6.43. The molecule has 0 aliphatic carbocycles. The van der Waals surface area contributed by atoms with Gasteiger partial charge in [-0.2, -0.15) is 0 Å². The molecular formula is C12H14ClNO2S3. The highest BCUT2D eigenvalue weighted by Crippen LogP contribution is 2.32. The van der Waals surface area contributed by atoms with Gasteiger partial charge in [0.25, 0.3) is 9.05 Å². The number of hydrogen-bond acceptors (Lipinski definition) is 5. The Morgan fingerprint density at radius 3 is 2.84 bits per heavy atom. The molecule has 1 heterocycles. The normalized spacial score (nSPS) is 12.1. The highest BCUT2D eigenvalue weighted by Gasteiger charge is 2.12. The van der Waals surface area contributed by atoms with Crippen LogP contribution in [0.25, 0.3) is 10.2 Å². The molecule has 104 valence electrons. The van der Waals surface area contributed by atoms with Crippen molar-refractivity contribution in [2.24, 2.45) is 0 Å². The van der Waals surface area contributed by atoms with Crippen LogP contribution in [-0.4, -0.2) is 19.2 Å². The molecule has 19 heavy (non-hydrogen) atoms. The summed E-state index contributed by atoms with van der Waals surface area (Å²) in [5, 5.41) is 0. The molecule has 0 bridgehead atoms. The van der Waals surface area contributed by atoms with Gasteiger partial charge in [0.05, 0.1) is 15.1 Å². The number of unbranched alkanes of at least 4 members (excludes halogenated alkanes) is 2. The van der Waals surface area contributed by atoms with E-state index in [2.05, 4.69) is 11.9 Å². The quantitative estimate of drug-likeness (QED) is 0.443. The Balaban J connectivity index is 2.17. The van der Waals surface area contributed by atoms with Gasteiger partial charge in [0.1, 0.15) is 0 Å². The zero-order valence-corrected chi connectivity index (χ0v) is 13.6. The van der Waals surface area contributed by atoms with E-state index in [4.69, 9.17) is 10.7 Å². The molecule has 3 nitrogen and oxygen atoms in total. The van der Waals surface area contributed by atoms with Crippen LogP contribution in [0.1, 0.15) is 26.2 Å². The molecule has 2 aromatic rings. The second-order valence-electron chi connectivity index (χ2n) is 4.10. The van der Waals surface area contributed by atoms with Crippen LogP contribution >= 0.6 is 33.8 Å². The molecule has 0 N–H and O–H groups in total. The summed E-state index contributed by atoms with van der Waals surface area (Å²) in [6.07, 6.45) is 3.61. The van der Waals surface area contributed by atoms with E-state index < -0.39 is 9.05 Å². The van der Waals surface area contributed by atoms with Crippen LogP contribution in [0.15, 0.2) is 27.4 Å². The third kappa shape index (κ3) is 4.08. The summed E-state index contributed by atoms with van der Waals surface area (Å²) >= 11 is 3.24. The maximum Gasteiger partial charge on any atom is 0.261 e. The van der Waals surface area contributed by atoms with Crippen LogP contribution in [0.5, 0.6) is 0 Å². The number of rotatable bonds is 6. The van der Waals surface area contributed by atoms with Gasteiger partial charge in [0.15, 0.2) is 4.34 Å². The van der Waals surface area contributed by atoms with Crippen molar-refractivity contribution in [1.29, 1.82) is 0 Å². The summed E-state index contributed by atoms with van der Waals surface area (Å²) in [6, 6.07) is 4.79. The highest BCUT2D eigenvalue weighted by atomic mass is 35.7. The lowest BCUT2D eigenvalue weighted by molar-refractivity contribution is 0.609. The zero-order valence-electron chi connectivity index (χ0n) is 10.4. The monoisotopic (exact) mass is 335 g/mol. The summed E-state index contributed by atoms with van der Waals surface area (Å²) in [6.45, 7) is 2.18. The molecule has 0 aliphatic heterocycles. The van der Waals surface area contributed by atoms with Gasteiger partial charge >= 0.3 is 0 Å². The van der Waals surface area contributed by atoms with Crippen LogP contribution in [-0.2, 0) is 9.05 Å². The SMILES string of the molecule is CCCCCSc1nc2ccc(S(=O)(=O)Cl)cc2s1. The van der Waals surface area contributed by atoms with Gasteiger partial charge < -0.3 is 0 Å². The van der Waals surface area contributed by atoms with E-state index in [0.717, 1.165) is 20.3 Å². The van der Waals surface area contributed by atoms with Crippen LogP contribution < -0.4 is 0 Å². The Morgan fingerprint density at radius 2 is 2.16 bits per heavy atom. The zero-order chi connectivity index (χ0) is 13.9. The second-order valence-corrected chi connectivity index (χ2v) is 9.04. The summed E-state index contributed by atoms with van der Waals surface area (Å²) < 4.78 is 24.4. The molecule has 0 amide bonds. The topological polar surface area (TPSA) is 47.0 Å². The first-order chi connectivity index (χ1) is 9.00. The van der Waals surface area contributed by atoms with E-state index in [1.807, 2.05) is 0 Å². The molecule has 7 heteroatoms. The first kappa shape index (κ1) is 15.1. The number of nitrogens with zero attached hydrogens (tertiary/aromatic N) is 1. The third-order valence-corrected chi connectivity index (χ3v) is 6.19. The molecule has 0 spiro atoms. The number of thioether (sulfide) groups is 1. The predicted octanol–water partition coefficient (Wildman–Crippen LogP) is 4.51. The smallest absolute Gasteiger partial charge is 0.230 e. The number of fused-ring (bicyclic) bond motifs is 1. The maximum absolute atomic E-state index is 11.3. The molecule has 0 aliphatic rings. The summed E-state index contributed by atoms with van der Waals surface area (Å²) in [5.74, 6) is 1.05. The number of thiazole rings is 1. The van der Waals surface area contributed by atoms with E-state index in [1.165, 1.54) is 36.7 Å². The Morgan fingerprint density at radius 1 is 1.37 bits per heavy atom. The average Bonchev–Trinajstić information content (AvgIpc) is 2.75. The van der Waals surface area contributed by atoms with Gasteiger partial charge in [-0.05, 0) is 24.6 Å². The molecule has 0 fully saturated rings. The first-order valence-electron chi connectivity index (χ1n) is 5.99. The average molecular weight is 336 g/mol. The minimum atomic E-state index is -3.67. The van der Waals surface area contributed by atoms with Crippen LogP contribution in [0, 0.1) is 0 Å². The van der Waals surface area contributed by atoms with Gasteiger partial charge in [-0.15, -0.1) is 11.3 Å². The Hall–Kier alpha value is -0.300. The Kier molecular flexibility index (Phi) is 5.11. The van der Waals surface area contributed by atoms with Crippen molar-refractivity contribution in [3.8, 4) is 0 Å². The van der Waals surface area contributed by atoms with Gasteiger partial charge in [0.2, 0.25) is 0 Å². The van der Waals surface area contributed by atoms with E-state index in [0.29, 0.717) is 0 Å². The van der Waals surface area contributed by atoms with E-state index in [-0.39, 0.29) is 4.90 Å². The predicted molar refractivity (Wildman–Crippen MR) is 82.9 cm³/mol. The fourth-order valence-electron chi connectivity index (χ4n) is 1.61. The maximum atomic E-state index is 11.3. The lowest BCUT2D eigenvalue weighted by Crippen LogP contribution is -1.88. The number of benzene rings is 1. The Labute approximate surface area is 125 Å². The number of aromatic nitrogens is 1. The van der Waals surface area contributed by atoms with Crippen LogP contribution in [0.3, 0.4) is 0 Å². The van der Waals surface area contributed by atoms with Crippen molar-refractivity contribution in [3.63, 3.8) is 0 Å². The fourth-order valence-corrected chi connectivity index (χ4v) is 4.64. The highest BCUT2D eigenvalue weighted by molar-refractivity contribution is 8.13.